The van der Waals surface area contributed by atoms with Crippen LogP contribution < -0.4 is 0 Å². The molecule has 120 valence electrons. The number of hydrogen-bond donors (Lipinski definition) is 0. The highest BCUT2D eigenvalue weighted by Gasteiger charge is 2.42. The first-order valence-electron chi connectivity index (χ1n) is 8.10. The molecule has 22 heavy (non-hydrogen) atoms. The summed E-state index contributed by atoms with van der Waals surface area (Å²) in [5.41, 5.74) is 0.473. The molecule has 1 aromatic rings. The van der Waals surface area contributed by atoms with Crippen LogP contribution in [0.4, 0.5) is 0 Å². The predicted molar refractivity (Wildman–Crippen MR) is 80.3 cm³/mol. The summed E-state index contributed by atoms with van der Waals surface area (Å²) in [6, 6.07) is 0.148. The van der Waals surface area contributed by atoms with Crippen LogP contribution in [-0.2, 0) is 9.53 Å². The lowest BCUT2D eigenvalue weighted by atomic mass is 10.1. The van der Waals surface area contributed by atoms with Gasteiger partial charge in [0.1, 0.15) is 0 Å². The fraction of sp³-hybridized carbons (Fsp3) is 0.688. The van der Waals surface area contributed by atoms with Crippen LogP contribution in [0.2, 0.25) is 0 Å². The van der Waals surface area contributed by atoms with E-state index >= 15 is 0 Å². The maximum absolute atomic E-state index is 12.4. The number of hydrogen-bond acceptors (Lipinski definition) is 4. The lowest BCUT2D eigenvalue weighted by Gasteiger charge is -2.33. The summed E-state index contributed by atoms with van der Waals surface area (Å²) in [7, 11) is 0. The average Bonchev–Trinajstić information content (AvgIpc) is 3.05. The van der Waals surface area contributed by atoms with Gasteiger partial charge in [-0.05, 0) is 32.1 Å². The van der Waals surface area contributed by atoms with Crippen LogP contribution >= 0.6 is 0 Å². The van der Waals surface area contributed by atoms with Crippen molar-refractivity contribution in [1.82, 2.24) is 14.7 Å². The molecule has 0 unspecified atom stereocenters. The third-order valence-electron chi connectivity index (χ3n) is 4.62. The van der Waals surface area contributed by atoms with Gasteiger partial charge in [0.05, 0.1) is 24.4 Å². The molecule has 1 aromatic heterocycles. The Labute approximate surface area is 130 Å². The van der Waals surface area contributed by atoms with Crippen molar-refractivity contribution in [3.8, 4) is 0 Å². The Kier molecular flexibility index (Phi) is 4.18. The topological polar surface area (TPSA) is 64.4 Å². The van der Waals surface area contributed by atoms with E-state index in [0.717, 1.165) is 25.8 Å². The summed E-state index contributed by atoms with van der Waals surface area (Å²) >= 11 is 0. The van der Waals surface area contributed by atoms with E-state index in [2.05, 4.69) is 12.0 Å². The number of piperidine rings is 1. The highest BCUT2D eigenvalue weighted by Crippen LogP contribution is 2.40. The molecule has 1 aliphatic heterocycles. The SMILES string of the molecule is CCOC(=O)c1cnn([C@@H]2CCCN(C(=O)[C@H]3C[C@@H]3C)C2)c1. The van der Waals surface area contributed by atoms with Crippen LogP contribution in [0, 0.1) is 11.8 Å². The second-order valence-electron chi connectivity index (χ2n) is 6.33. The zero-order chi connectivity index (χ0) is 15.7. The number of nitrogens with zero attached hydrogens (tertiary/aromatic N) is 3. The van der Waals surface area contributed by atoms with Crippen molar-refractivity contribution in [1.29, 1.82) is 0 Å². The van der Waals surface area contributed by atoms with Gasteiger partial charge in [-0.15, -0.1) is 0 Å². The molecule has 1 aliphatic carbocycles. The van der Waals surface area contributed by atoms with Crippen LogP contribution in [0.5, 0.6) is 0 Å². The largest absolute Gasteiger partial charge is 0.462 e. The zero-order valence-electron chi connectivity index (χ0n) is 13.2. The first kappa shape index (κ1) is 15.1. The van der Waals surface area contributed by atoms with E-state index in [9.17, 15) is 9.59 Å². The fourth-order valence-electron chi connectivity index (χ4n) is 3.13. The Morgan fingerprint density at radius 1 is 1.45 bits per heavy atom. The van der Waals surface area contributed by atoms with Crippen LogP contribution in [-0.4, -0.2) is 46.3 Å². The smallest absolute Gasteiger partial charge is 0.341 e. The van der Waals surface area contributed by atoms with Crippen molar-refractivity contribution >= 4 is 11.9 Å². The standard InChI is InChI=1S/C16H23N3O3/c1-3-22-16(21)12-8-17-19(9-12)13-5-4-6-18(10-13)15(20)14-7-11(14)2/h8-9,11,13-14H,3-7,10H2,1-2H3/t11-,13+,14-/m0/s1. The van der Waals surface area contributed by atoms with E-state index in [4.69, 9.17) is 4.74 Å². The van der Waals surface area contributed by atoms with Crippen LogP contribution in [0.25, 0.3) is 0 Å². The molecular weight excluding hydrogens is 282 g/mol. The summed E-state index contributed by atoms with van der Waals surface area (Å²) in [6.45, 7) is 5.79. The van der Waals surface area contributed by atoms with Gasteiger partial charge in [0, 0.05) is 25.2 Å². The Morgan fingerprint density at radius 2 is 2.23 bits per heavy atom. The molecular formula is C16H23N3O3. The Bertz CT molecular complexity index is 569. The van der Waals surface area contributed by atoms with E-state index < -0.39 is 0 Å². The molecule has 3 atom stereocenters. The number of amides is 1. The van der Waals surface area contributed by atoms with Gasteiger partial charge in [-0.1, -0.05) is 6.92 Å². The molecule has 0 spiro atoms. The predicted octanol–water partition coefficient (Wildman–Crippen LogP) is 1.88. The normalized spacial score (nSPS) is 27.5. The summed E-state index contributed by atoms with van der Waals surface area (Å²) in [5.74, 6) is 0.707. The molecule has 6 nitrogen and oxygen atoms in total. The number of rotatable bonds is 4. The van der Waals surface area contributed by atoms with Crippen LogP contribution in [0.15, 0.2) is 12.4 Å². The zero-order valence-corrected chi connectivity index (χ0v) is 13.2. The minimum atomic E-state index is -0.343. The van der Waals surface area contributed by atoms with Crippen molar-refractivity contribution in [2.75, 3.05) is 19.7 Å². The number of carbonyl (C=O) groups is 2. The number of likely N-dealkylation sites (tertiary alicyclic amines) is 1. The number of ether oxygens (including phenoxy) is 1. The van der Waals surface area contributed by atoms with Gasteiger partial charge in [-0.2, -0.15) is 5.10 Å². The Balaban J connectivity index is 1.64. The van der Waals surface area contributed by atoms with Crippen molar-refractivity contribution < 1.29 is 14.3 Å². The van der Waals surface area contributed by atoms with E-state index in [1.54, 1.807) is 19.3 Å². The molecule has 0 N–H and O–H groups in total. The molecule has 0 aromatic carbocycles. The van der Waals surface area contributed by atoms with Crippen molar-refractivity contribution in [3.05, 3.63) is 18.0 Å². The molecule has 1 saturated carbocycles. The quantitative estimate of drug-likeness (QED) is 0.797. The number of aromatic nitrogens is 2. The third kappa shape index (κ3) is 3.00. The molecule has 6 heteroatoms. The molecule has 0 radical (unpaired) electrons. The van der Waals surface area contributed by atoms with E-state index in [1.165, 1.54) is 0 Å². The van der Waals surface area contributed by atoms with Crippen LogP contribution in [0.1, 0.15) is 49.5 Å². The minimum absolute atomic E-state index is 0.148. The highest BCUT2D eigenvalue weighted by molar-refractivity contribution is 5.88. The Morgan fingerprint density at radius 3 is 2.91 bits per heavy atom. The maximum Gasteiger partial charge on any atom is 0.341 e. The molecule has 3 rings (SSSR count). The number of esters is 1. The minimum Gasteiger partial charge on any atom is -0.462 e. The molecule has 2 heterocycles. The lowest BCUT2D eigenvalue weighted by Crippen LogP contribution is -2.41. The van der Waals surface area contributed by atoms with Gasteiger partial charge in [0.25, 0.3) is 0 Å². The molecule has 2 fully saturated rings. The second-order valence-corrected chi connectivity index (χ2v) is 6.33. The number of carbonyl (C=O) groups excluding carboxylic acids is 2. The third-order valence-corrected chi connectivity index (χ3v) is 4.62. The van der Waals surface area contributed by atoms with Gasteiger partial charge in [0.15, 0.2) is 0 Å². The van der Waals surface area contributed by atoms with Gasteiger partial charge < -0.3 is 9.64 Å². The summed E-state index contributed by atoms with van der Waals surface area (Å²) in [6.07, 6.45) is 6.26. The monoisotopic (exact) mass is 305 g/mol. The average molecular weight is 305 g/mol. The summed E-state index contributed by atoms with van der Waals surface area (Å²) in [5, 5.41) is 4.29. The van der Waals surface area contributed by atoms with Gasteiger partial charge in [-0.3, -0.25) is 9.48 Å². The van der Waals surface area contributed by atoms with E-state index in [1.807, 2.05) is 9.58 Å². The molecule has 1 saturated heterocycles. The van der Waals surface area contributed by atoms with Crippen molar-refractivity contribution in [2.24, 2.45) is 11.8 Å². The van der Waals surface area contributed by atoms with E-state index in [-0.39, 0.29) is 23.8 Å². The van der Waals surface area contributed by atoms with Gasteiger partial charge >= 0.3 is 5.97 Å². The second kappa shape index (κ2) is 6.10. The van der Waals surface area contributed by atoms with E-state index in [0.29, 0.717) is 24.6 Å². The summed E-state index contributed by atoms with van der Waals surface area (Å²) < 4.78 is 6.79. The van der Waals surface area contributed by atoms with Crippen molar-refractivity contribution in [2.45, 2.75) is 39.2 Å². The fourth-order valence-corrected chi connectivity index (χ4v) is 3.13. The van der Waals surface area contributed by atoms with Gasteiger partial charge in [0.2, 0.25) is 5.91 Å². The molecule has 2 aliphatic rings. The Hall–Kier alpha value is -1.85. The van der Waals surface area contributed by atoms with Gasteiger partial charge in [-0.25, -0.2) is 4.79 Å². The first-order valence-corrected chi connectivity index (χ1v) is 8.10. The lowest BCUT2D eigenvalue weighted by molar-refractivity contribution is -0.134. The summed E-state index contributed by atoms with van der Waals surface area (Å²) in [4.78, 5) is 26.0. The molecule has 1 amide bonds. The first-order chi connectivity index (χ1) is 10.6. The highest BCUT2D eigenvalue weighted by atomic mass is 16.5. The van der Waals surface area contributed by atoms with Crippen molar-refractivity contribution in [3.63, 3.8) is 0 Å². The van der Waals surface area contributed by atoms with Crippen LogP contribution in [0.3, 0.4) is 0 Å². The maximum atomic E-state index is 12.4. The molecule has 0 bridgehead atoms.